The summed E-state index contributed by atoms with van der Waals surface area (Å²) in [6.45, 7) is 1.45. The van der Waals surface area contributed by atoms with E-state index in [0.717, 1.165) is 15.9 Å². The first-order valence-corrected chi connectivity index (χ1v) is 10.3. The molecule has 2 aromatic rings. The van der Waals surface area contributed by atoms with Gasteiger partial charge in [-0.25, -0.2) is 21.6 Å². The van der Waals surface area contributed by atoms with Crippen molar-refractivity contribution in [2.24, 2.45) is 0 Å². The number of methoxy groups -OCH3 is 2. The maximum Gasteiger partial charge on any atom is 0.246 e. The summed E-state index contributed by atoms with van der Waals surface area (Å²) in [5.41, 5.74) is 0.884. The Morgan fingerprint density at radius 2 is 1.62 bits per heavy atom. The van der Waals surface area contributed by atoms with Crippen LogP contribution in [0.5, 0.6) is 11.5 Å². The molecule has 3 rings (SSSR count). The van der Waals surface area contributed by atoms with Crippen LogP contribution in [-0.4, -0.2) is 58.0 Å². The molecule has 0 bridgehead atoms. The zero-order valence-electron chi connectivity index (χ0n) is 16.0. The second kappa shape index (κ2) is 8.60. The van der Waals surface area contributed by atoms with Crippen molar-refractivity contribution in [1.29, 1.82) is 0 Å². The summed E-state index contributed by atoms with van der Waals surface area (Å²) in [6.07, 6.45) is 0. The Morgan fingerprint density at radius 1 is 0.931 bits per heavy atom. The molecule has 0 saturated carbocycles. The van der Waals surface area contributed by atoms with Crippen LogP contribution >= 0.6 is 0 Å². The minimum absolute atomic E-state index is 0.0903. The molecule has 1 heterocycles. The predicted molar refractivity (Wildman–Crippen MR) is 99.9 cm³/mol. The molecule has 0 aromatic heterocycles. The summed E-state index contributed by atoms with van der Waals surface area (Å²) >= 11 is 0. The van der Waals surface area contributed by atoms with Gasteiger partial charge in [-0.05, 0) is 30.3 Å². The summed E-state index contributed by atoms with van der Waals surface area (Å²) in [5.74, 6) is -3.57. The number of nitrogens with zero attached hydrogens (tertiary/aromatic N) is 2. The number of rotatable bonds is 6. The van der Waals surface area contributed by atoms with Crippen LogP contribution in [0.3, 0.4) is 0 Å². The van der Waals surface area contributed by atoms with Crippen LogP contribution in [0.1, 0.15) is 5.56 Å². The van der Waals surface area contributed by atoms with E-state index in [1.54, 1.807) is 26.4 Å². The predicted octanol–water partition coefficient (Wildman–Crippen LogP) is 2.63. The van der Waals surface area contributed by atoms with Gasteiger partial charge >= 0.3 is 0 Å². The van der Waals surface area contributed by atoms with Crippen LogP contribution in [-0.2, 0) is 16.6 Å². The fourth-order valence-electron chi connectivity index (χ4n) is 3.22. The van der Waals surface area contributed by atoms with Crippen LogP contribution < -0.4 is 9.47 Å². The highest BCUT2D eigenvalue weighted by atomic mass is 32.2. The van der Waals surface area contributed by atoms with Crippen molar-refractivity contribution in [2.45, 2.75) is 11.4 Å². The van der Waals surface area contributed by atoms with Crippen LogP contribution in [0.15, 0.2) is 35.2 Å². The first-order valence-electron chi connectivity index (χ1n) is 8.85. The van der Waals surface area contributed by atoms with Crippen molar-refractivity contribution in [2.75, 3.05) is 40.4 Å². The van der Waals surface area contributed by atoms with E-state index in [4.69, 9.17) is 9.47 Å². The van der Waals surface area contributed by atoms with Crippen molar-refractivity contribution < 1.29 is 31.1 Å². The van der Waals surface area contributed by atoms with Gasteiger partial charge in [0.1, 0.15) is 16.4 Å². The standard InChI is InChI=1S/C19H21F3N2O4S/c1-27-14-3-5-16(28-2)13(11-14)12-23-7-9-24(10-8-23)29(25,26)17-6-4-15(20)18(21)19(17)22/h3-6,11H,7-10,12H2,1-2H3. The van der Waals surface area contributed by atoms with Crippen molar-refractivity contribution in [1.82, 2.24) is 9.21 Å². The lowest BCUT2D eigenvalue weighted by Crippen LogP contribution is -2.48. The zero-order chi connectivity index (χ0) is 21.2. The second-order valence-corrected chi connectivity index (χ2v) is 8.44. The quantitative estimate of drug-likeness (QED) is 0.660. The van der Waals surface area contributed by atoms with Gasteiger partial charge < -0.3 is 9.47 Å². The number of hydrogen-bond acceptors (Lipinski definition) is 5. The number of sulfonamides is 1. The molecule has 0 N–H and O–H groups in total. The van der Waals surface area contributed by atoms with Crippen LogP contribution in [0.25, 0.3) is 0 Å². The molecule has 0 atom stereocenters. The van der Waals surface area contributed by atoms with Crippen LogP contribution in [0.2, 0.25) is 0 Å². The largest absolute Gasteiger partial charge is 0.497 e. The van der Waals surface area contributed by atoms with Crippen LogP contribution in [0, 0.1) is 17.5 Å². The van der Waals surface area contributed by atoms with E-state index >= 15 is 0 Å². The van der Waals surface area contributed by atoms with E-state index in [-0.39, 0.29) is 13.1 Å². The fraction of sp³-hybridized carbons (Fsp3) is 0.368. The Bertz CT molecular complexity index is 993. The molecule has 2 aromatic carbocycles. The van der Waals surface area contributed by atoms with E-state index in [1.807, 2.05) is 11.0 Å². The van der Waals surface area contributed by atoms with Crippen molar-refractivity contribution in [3.8, 4) is 11.5 Å². The topological polar surface area (TPSA) is 59.1 Å². The van der Waals surface area contributed by atoms with Gasteiger partial charge in [0.25, 0.3) is 0 Å². The average Bonchev–Trinajstić information content (AvgIpc) is 2.72. The minimum atomic E-state index is -4.27. The third-order valence-electron chi connectivity index (χ3n) is 4.83. The van der Waals surface area contributed by atoms with Gasteiger partial charge in [0, 0.05) is 38.3 Å². The highest BCUT2D eigenvalue weighted by molar-refractivity contribution is 7.89. The first kappa shape index (κ1) is 21.4. The number of benzene rings is 2. The molecule has 1 fully saturated rings. The summed E-state index contributed by atoms with van der Waals surface area (Å²) in [7, 11) is -1.15. The van der Waals surface area contributed by atoms with E-state index in [0.29, 0.717) is 37.2 Å². The lowest BCUT2D eigenvalue weighted by molar-refractivity contribution is 0.179. The van der Waals surface area contributed by atoms with Crippen molar-refractivity contribution in [3.05, 3.63) is 53.3 Å². The molecule has 10 heteroatoms. The molecular weight excluding hydrogens is 409 g/mol. The molecule has 6 nitrogen and oxygen atoms in total. The smallest absolute Gasteiger partial charge is 0.246 e. The zero-order valence-corrected chi connectivity index (χ0v) is 16.8. The maximum absolute atomic E-state index is 14.0. The van der Waals surface area contributed by atoms with E-state index in [2.05, 4.69) is 0 Å². The number of ether oxygens (including phenoxy) is 2. The summed E-state index contributed by atoms with van der Waals surface area (Å²) < 4.78 is 77.5. The average molecular weight is 430 g/mol. The lowest BCUT2D eigenvalue weighted by atomic mass is 10.1. The molecule has 29 heavy (non-hydrogen) atoms. The minimum Gasteiger partial charge on any atom is -0.497 e. The van der Waals surface area contributed by atoms with Gasteiger partial charge in [-0.2, -0.15) is 4.31 Å². The molecule has 0 aliphatic carbocycles. The molecule has 0 amide bonds. The summed E-state index contributed by atoms with van der Waals surface area (Å²) in [5, 5.41) is 0. The van der Waals surface area contributed by atoms with Gasteiger partial charge in [0.05, 0.1) is 14.2 Å². The maximum atomic E-state index is 14.0. The Kier molecular flexibility index (Phi) is 6.35. The van der Waals surface area contributed by atoms with Gasteiger partial charge in [0.2, 0.25) is 10.0 Å². The van der Waals surface area contributed by atoms with Crippen LogP contribution in [0.4, 0.5) is 13.2 Å². The number of halogens is 3. The highest BCUT2D eigenvalue weighted by Gasteiger charge is 2.32. The molecule has 1 aliphatic heterocycles. The second-order valence-electron chi connectivity index (χ2n) is 6.53. The fourth-order valence-corrected chi connectivity index (χ4v) is 4.70. The Hall–Kier alpha value is -2.30. The van der Waals surface area contributed by atoms with Gasteiger partial charge in [-0.1, -0.05) is 0 Å². The molecular formula is C19H21F3N2O4S. The summed E-state index contributed by atoms with van der Waals surface area (Å²) in [4.78, 5) is 1.16. The molecule has 1 aliphatic rings. The van der Waals surface area contributed by atoms with Gasteiger partial charge in [0.15, 0.2) is 17.5 Å². The van der Waals surface area contributed by atoms with Gasteiger partial charge in [-0.15, -0.1) is 0 Å². The van der Waals surface area contributed by atoms with Crippen molar-refractivity contribution >= 4 is 10.0 Å². The first-order chi connectivity index (χ1) is 13.8. The number of hydrogen-bond donors (Lipinski definition) is 0. The van der Waals surface area contributed by atoms with E-state index in [9.17, 15) is 21.6 Å². The molecule has 158 valence electrons. The third kappa shape index (κ3) is 4.34. The Labute approximate surface area is 167 Å². The normalized spacial score (nSPS) is 16.0. The molecule has 0 unspecified atom stereocenters. The summed E-state index contributed by atoms with van der Waals surface area (Å²) in [6, 6.07) is 6.77. The van der Waals surface area contributed by atoms with Crippen molar-refractivity contribution in [3.63, 3.8) is 0 Å². The monoisotopic (exact) mass is 430 g/mol. The third-order valence-corrected chi connectivity index (χ3v) is 6.75. The number of piperazine rings is 1. The lowest BCUT2D eigenvalue weighted by Gasteiger charge is -2.34. The van der Waals surface area contributed by atoms with E-state index in [1.165, 1.54) is 0 Å². The molecule has 0 spiro atoms. The Balaban J connectivity index is 1.72. The highest BCUT2D eigenvalue weighted by Crippen LogP contribution is 2.27. The Morgan fingerprint density at radius 3 is 2.24 bits per heavy atom. The van der Waals surface area contributed by atoms with E-state index < -0.39 is 32.4 Å². The SMILES string of the molecule is COc1ccc(OC)c(CN2CCN(S(=O)(=O)c3ccc(F)c(F)c3F)CC2)c1. The molecule has 0 radical (unpaired) electrons. The van der Waals surface area contributed by atoms with Gasteiger partial charge in [-0.3, -0.25) is 4.90 Å². The molecule has 1 saturated heterocycles.